The van der Waals surface area contributed by atoms with E-state index in [9.17, 15) is 4.79 Å². The molecule has 1 fully saturated rings. The van der Waals surface area contributed by atoms with E-state index in [1.165, 1.54) is 12.8 Å². The monoisotopic (exact) mass is 311 g/mol. The minimum absolute atomic E-state index is 0.147. The second kappa shape index (κ2) is 7.22. The molecule has 2 aromatic heterocycles. The number of ether oxygens (including phenoxy) is 1. The number of amides is 1. The van der Waals surface area contributed by atoms with Gasteiger partial charge in [-0.3, -0.25) is 9.78 Å². The lowest BCUT2D eigenvalue weighted by molar-refractivity contribution is 0.0950. The number of hydrogen-bond donors (Lipinski definition) is 1. The first-order valence-electron chi connectivity index (χ1n) is 8.02. The van der Waals surface area contributed by atoms with Crippen LogP contribution in [0.25, 0.3) is 0 Å². The summed E-state index contributed by atoms with van der Waals surface area (Å²) in [6.07, 6.45) is 10.0. The van der Waals surface area contributed by atoms with Crippen LogP contribution < -0.4 is 10.1 Å². The molecule has 2 aromatic rings. The van der Waals surface area contributed by atoms with Gasteiger partial charge in [0, 0.05) is 31.2 Å². The first-order valence-corrected chi connectivity index (χ1v) is 8.02. The largest absolute Gasteiger partial charge is 0.474 e. The third kappa shape index (κ3) is 4.28. The average molecular weight is 311 g/mol. The van der Waals surface area contributed by atoms with E-state index >= 15 is 0 Å². The third-order valence-corrected chi connectivity index (χ3v) is 3.97. The summed E-state index contributed by atoms with van der Waals surface area (Å²) in [4.78, 5) is 20.5. The molecule has 120 valence electrons. The highest BCUT2D eigenvalue weighted by atomic mass is 16.5. The van der Waals surface area contributed by atoms with Crippen molar-refractivity contribution in [2.75, 3.05) is 0 Å². The van der Waals surface area contributed by atoms with Crippen LogP contribution in [0, 0.1) is 6.92 Å². The maximum atomic E-state index is 12.1. The predicted molar refractivity (Wildman–Crippen MR) is 87.3 cm³/mol. The molecular weight excluding hydrogens is 290 g/mol. The van der Waals surface area contributed by atoms with Gasteiger partial charge in [0.25, 0.3) is 5.91 Å². The Kier molecular flexibility index (Phi) is 4.86. The van der Waals surface area contributed by atoms with Crippen LogP contribution in [0.15, 0.2) is 36.8 Å². The zero-order chi connectivity index (χ0) is 16.1. The van der Waals surface area contributed by atoms with Crippen LogP contribution in [0.5, 0.6) is 5.88 Å². The van der Waals surface area contributed by atoms with Gasteiger partial charge in [-0.15, -0.1) is 0 Å². The van der Waals surface area contributed by atoms with Gasteiger partial charge in [0.15, 0.2) is 0 Å². The van der Waals surface area contributed by atoms with E-state index in [4.69, 9.17) is 4.74 Å². The Morgan fingerprint density at radius 1 is 1.26 bits per heavy atom. The Bertz CT molecular complexity index is 664. The molecular formula is C18H21N3O2. The van der Waals surface area contributed by atoms with Gasteiger partial charge in [-0.25, -0.2) is 4.98 Å². The van der Waals surface area contributed by atoms with Crippen molar-refractivity contribution in [2.45, 2.75) is 45.3 Å². The number of aromatic nitrogens is 2. The van der Waals surface area contributed by atoms with Crippen molar-refractivity contribution < 1.29 is 9.53 Å². The number of aryl methyl sites for hydroxylation is 1. The second-order valence-electron chi connectivity index (χ2n) is 5.96. The molecule has 0 bridgehead atoms. The summed E-state index contributed by atoms with van der Waals surface area (Å²) >= 11 is 0. The van der Waals surface area contributed by atoms with Crippen molar-refractivity contribution >= 4 is 5.91 Å². The van der Waals surface area contributed by atoms with Crippen LogP contribution >= 0.6 is 0 Å². The Morgan fingerprint density at radius 3 is 2.78 bits per heavy atom. The number of nitrogens with one attached hydrogen (secondary N) is 1. The average Bonchev–Trinajstić information content (AvgIpc) is 3.06. The van der Waals surface area contributed by atoms with Crippen LogP contribution in [0.4, 0.5) is 0 Å². The lowest BCUT2D eigenvalue weighted by Gasteiger charge is -2.12. The summed E-state index contributed by atoms with van der Waals surface area (Å²) < 4.78 is 5.80. The number of carbonyl (C=O) groups excluding carboxylic acids is 1. The Labute approximate surface area is 136 Å². The molecule has 1 N–H and O–H groups in total. The van der Waals surface area contributed by atoms with Crippen molar-refractivity contribution in [2.24, 2.45) is 0 Å². The number of carbonyl (C=O) groups is 1. The lowest BCUT2D eigenvalue weighted by atomic mass is 10.2. The minimum atomic E-state index is -0.147. The molecule has 0 unspecified atom stereocenters. The fourth-order valence-corrected chi connectivity index (χ4v) is 2.76. The molecule has 0 atom stereocenters. The maximum absolute atomic E-state index is 12.1. The van der Waals surface area contributed by atoms with Crippen LogP contribution in [0.2, 0.25) is 0 Å². The summed E-state index contributed by atoms with van der Waals surface area (Å²) in [6, 6.07) is 5.52. The molecule has 0 aliphatic heterocycles. The highest BCUT2D eigenvalue weighted by Crippen LogP contribution is 2.22. The van der Waals surface area contributed by atoms with Crippen molar-refractivity contribution in [3.63, 3.8) is 0 Å². The van der Waals surface area contributed by atoms with Gasteiger partial charge in [0.05, 0.1) is 5.56 Å². The van der Waals surface area contributed by atoms with E-state index in [-0.39, 0.29) is 12.0 Å². The second-order valence-corrected chi connectivity index (χ2v) is 5.96. The highest BCUT2D eigenvalue weighted by molar-refractivity contribution is 5.93. The van der Waals surface area contributed by atoms with Crippen LogP contribution in [-0.2, 0) is 6.54 Å². The van der Waals surface area contributed by atoms with Gasteiger partial charge >= 0.3 is 0 Å². The van der Waals surface area contributed by atoms with Gasteiger partial charge < -0.3 is 10.1 Å². The highest BCUT2D eigenvalue weighted by Gasteiger charge is 2.17. The number of pyridine rings is 2. The van der Waals surface area contributed by atoms with E-state index in [0.29, 0.717) is 18.0 Å². The first-order chi connectivity index (χ1) is 11.2. The zero-order valence-electron chi connectivity index (χ0n) is 13.3. The van der Waals surface area contributed by atoms with Gasteiger partial charge in [-0.1, -0.05) is 6.07 Å². The first kappa shape index (κ1) is 15.5. The minimum Gasteiger partial charge on any atom is -0.474 e. The van der Waals surface area contributed by atoms with Crippen molar-refractivity contribution in [3.8, 4) is 5.88 Å². The van der Waals surface area contributed by atoms with Crippen molar-refractivity contribution in [1.29, 1.82) is 0 Å². The Hall–Kier alpha value is -2.43. The topological polar surface area (TPSA) is 64.1 Å². The molecule has 23 heavy (non-hydrogen) atoms. The quantitative estimate of drug-likeness (QED) is 0.922. The predicted octanol–water partition coefficient (Wildman–Crippen LogP) is 3.04. The Morgan fingerprint density at radius 2 is 2.09 bits per heavy atom. The standard InChI is InChI=1S/C18H21N3O2/c1-13-8-14(10-19-9-13)11-21-18(22)15-6-7-17(20-12-15)23-16-4-2-3-5-16/h6-10,12,16H,2-5,11H2,1H3,(H,21,22). The molecule has 3 rings (SSSR count). The molecule has 1 aliphatic carbocycles. The molecule has 5 nitrogen and oxygen atoms in total. The number of hydrogen-bond acceptors (Lipinski definition) is 4. The van der Waals surface area contributed by atoms with E-state index in [2.05, 4.69) is 15.3 Å². The SMILES string of the molecule is Cc1cncc(CNC(=O)c2ccc(OC3CCCC3)nc2)c1. The van der Waals surface area contributed by atoms with E-state index in [0.717, 1.165) is 24.0 Å². The Balaban J connectivity index is 1.54. The molecule has 1 aliphatic rings. The van der Waals surface area contributed by atoms with E-state index in [1.54, 1.807) is 30.7 Å². The van der Waals surface area contributed by atoms with Gasteiger partial charge in [0.1, 0.15) is 6.10 Å². The molecule has 0 spiro atoms. The molecule has 1 saturated carbocycles. The van der Waals surface area contributed by atoms with E-state index in [1.807, 2.05) is 13.0 Å². The normalized spacial score (nSPS) is 14.7. The number of rotatable bonds is 5. The van der Waals surface area contributed by atoms with Crippen LogP contribution in [0.3, 0.4) is 0 Å². The summed E-state index contributed by atoms with van der Waals surface area (Å²) in [5.74, 6) is 0.447. The smallest absolute Gasteiger partial charge is 0.253 e. The van der Waals surface area contributed by atoms with Gasteiger partial charge in [-0.2, -0.15) is 0 Å². The molecule has 0 aromatic carbocycles. The van der Waals surface area contributed by atoms with Crippen molar-refractivity contribution in [1.82, 2.24) is 15.3 Å². The van der Waals surface area contributed by atoms with Crippen LogP contribution in [0.1, 0.15) is 47.2 Å². The third-order valence-electron chi connectivity index (χ3n) is 3.97. The van der Waals surface area contributed by atoms with Gasteiger partial charge in [-0.05, 0) is 49.8 Å². The summed E-state index contributed by atoms with van der Waals surface area (Å²) in [7, 11) is 0. The molecule has 5 heteroatoms. The number of nitrogens with zero attached hydrogens (tertiary/aromatic N) is 2. The maximum Gasteiger partial charge on any atom is 0.253 e. The summed E-state index contributed by atoms with van der Waals surface area (Å²) in [5, 5.41) is 2.88. The fraction of sp³-hybridized carbons (Fsp3) is 0.389. The van der Waals surface area contributed by atoms with E-state index < -0.39 is 0 Å². The van der Waals surface area contributed by atoms with Crippen LogP contribution in [-0.4, -0.2) is 22.0 Å². The molecule has 0 radical (unpaired) electrons. The molecule has 0 saturated heterocycles. The fourth-order valence-electron chi connectivity index (χ4n) is 2.76. The summed E-state index contributed by atoms with van der Waals surface area (Å²) in [5.41, 5.74) is 2.59. The lowest BCUT2D eigenvalue weighted by Crippen LogP contribution is -2.23. The zero-order valence-corrected chi connectivity index (χ0v) is 13.3. The van der Waals surface area contributed by atoms with Gasteiger partial charge in [0.2, 0.25) is 5.88 Å². The van der Waals surface area contributed by atoms with Crippen molar-refractivity contribution in [3.05, 3.63) is 53.5 Å². The summed E-state index contributed by atoms with van der Waals surface area (Å²) in [6.45, 7) is 2.43. The molecule has 1 amide bonds. The molecule has 2 heterocycles.